The quantitative estimate of drug-likeness (QED) is 0.773. The van der Waals surface area contributed by atoms with E-state index in [0.29, 0.717) is 17.9 Å². The number of amides is 1. The number of hydrogen-bond acceptors (Lipinski definition) is 3. The Bertz CT molecular complexity index is 837. The van der Waals surface area contributed by atoms with Gasteiger partial charge in [-0.3, -0.25) is 13.9 Å². The minimum atomic E-state index is -0.918. The van der Waals surface area contributed by atoms with Crippen LogP contribution in [0.5, 0.6) is 0 Å². The number of carbonyl (C=O) groups is 1. The molecule has 0 saturated carbocycles. The summed E-state index contributed by atoms with van der Waals surface area (Å²) in [4.78, 5) is 15.1. The second-order valence-electron chi connectivity index (χ2n) is 7.85. The molecule has 1 saturated heterocycles. The molecule has 1 aliphatic heterocycles. The summed E-state index contributed by atoms with van der Waals surface area (Å²) in [6.45, 7) is 6.07. The Hall–Kier alpha value is -1.98. The highest BCUT2D eigenvalue weighted by molar-refractivity contribution is 7.83. The molecule has 0 aromatic heterocycles. The third-order valence-electron chi connectivity index (χ3n) is 5.25. The Morgan fingerprint density at radius 2 is 1.96 bits per heavy atom. The van der Waals surface area contributed by atoms with E-state index in [-0.39, 0.29) is 5.91 Å². The van der Waals surface area contributed by atoms with Gasteiger partial charge in [0.2, 0.25) is 0 Å². The molecule has 2 atom stereocenters. The maximum absolute atomic E-state index is 12.6. The van der Waals surface area contributed by atoms with Gasteiger partial charge in [0.05, 0.1) is 0 Å². The molecule has 0 radical (unpaired) electrons. The fraction of sp³-hybridized carbons (Fsp3) is 0.435. The van der Waals surface area contributed by atoms with E-state index in [1.54, 1.807) is 12.3 Å². The van der Waals surface area contributed by atoms with Crippen molar-refractivity contribution >= 4 is 16.7 Å². The highest BCUT2D eigenvalue weighted by Crippen LogP contribution is 2.19. The van der Waals surface area contributed by atoms with E-state index >= 15 is 0 Å². The van der Waals surface area contributed by atoms with E-state index in [4.69, 9.17) is 0 Å². The van der Waals surface area contributed by atoms with Gasteiger partial charge in [-0.15, -0.1) is 0 Å². The highest BCUT2D eigenvalue weighted by atomic mass is 32.2. The Morgan fingerprint density at radius 1 is 1.18 bits per heavy atom. The van der Waals surface area contributed by atoms with Crippen LogP contribution >= 0.6 is 0 Å². The smallest absolute Gasteiger partial charge is 0.251 e. The van der Waals surface area contributed by atoms with Crippen LogP contribution < -0.4 is 5.32 Å². The number of carbonyl (C=O) groups excluding carboxylic acids is 1. The van der Waals surface area contributed by atoms with Crippen LogP contribution in [-0.2, 0) is 29.6 Å². The van der Waals surface area contributed by atoms with Crippen molar-refractivity contribution in [3.63, 3.8) is 0 Å². The highest BCUT2D eigenvalue weighted by Gasteiger charge is 2.17. The Morgan fingerprint density at radius 3 is 2.71 bits per heavy atom. The maximum atomic E-state index is 12.6. The van der Waals surface area contributed by atoms with Crippen molar-refractivity contribution < 1.29 is 9.00 Å². The van der Waals surface area contributed by atoms with E-state index in [9.17, 15) is 9.00 Å². The molecule has 28 heavy (non-hydrogen) atoms. The molecule has 3 rings (SSSR count). The third kappa shape index (κ3) is 6.01. The van der Waals surface area contributed by atoms with E-state index < -0.39 is 10.8 Å². The molecule has 1 heterocycles. The largest absolute Gasteiger partial charge is 0.348 e. The summed E-state index contributed by atoms with van der Waals surface area (Å²) in [6.07, 6.45) is 4.25. The van der Waals surface area contributed by atoms with E-state index in [1.165, 1.54) is 24.0 Å². The van der Waals surface area contributed by atoms with Gasteiger partial charge in [0.25, 0.3) is 5.91 Å². The summed E-state index contributed by atoms with van der Waals surface area (Å²) in [6, 6.07) is 15.8. The lowest BCUT2D eigenvalue weighted by molar-refractivity contribution is 0.0950. The predicted octanol–water partition coefficient (Wildman–Crippen LogP) is 3.73. The Labute approximate surface area is 170 Å². The van der Waals surface area contributed by atoms with Crippen LogP contribution in [0.4, 0.5) is 0 Å². The van der Waals surface area contributed by atoms with E-state index in [0.717, 1.165) is 31.1 Å². The van der Waals surface area contributed by atoms with E-state index in [1.807, 2.05) is 24.3 Å². The second kappa shape index (κ2) is 9.99. The molecular formula is C23H30N2O2S. The van der Waals surface area contributed by atoms with Crippen LogP contribution in [-0.4, -0.2) is 34.4 Å². The summed E-state index contributed by atoms with van der Waals surface area (Å²) in [7, 11) is -0.918. The average molecular weight is 399 g/mol. The molecule has 5 heteroatoms. The predicted molar refractivity (Wildman–Crippen MR) is 115 cm³/mol. The first-order valence-electron chi connectivity index (χ1n) is 9.97. The van der Waals surface area contributed by atoms with Gasteiger partial charge in [0.1, 0.15) is 0 Å². The number of hydrogen-bond donors (Lipinski definition) is 1. The van der Waals surface area contributed by atoms with Crippen LogP contribution in [0.25, 0.3) is 0 Å². The molecule has 2 aromatic carbocycles. The molecule has 150 valence electrons. The van der Waals surface area contributed by atoms with Crippen molar-refractivity contribution in [2.24, 2.45) is 5.92 Å². The lowest BCUT2D eigenvalue weighted by atomic mass is 9.99. The normalized spacial score (nSPS) is 18.6. The Kier molecular flexibility index (Phi) is 7.40. The van der Waals surface area contributed by atoms with Gasteiger partial charge in [0, 0.05) is 48.0 Å². The van der Waals surface area contributed by atoms with Crippen molar-refractivity contribution in [2.75, 3.05) is 19.3 Å². The molecule has 4 nitrogen and oxygen atoms in total. The van der Waals surface area contributed by atoms with Gasteiger partial charge in [-0.2, -0.15) is 0 Å². The molecule has 1 fully saturated rings. The standard InChI is InChI=1S/C23H30N2O2S/c1-18-7-6-12-25(15-18)16-22-10-4-3-9-21(22)14-24-23(26)20-11-5-8-19(13-20)17-28(2)27/h3-5,8-11,13,18H,6-7,12,14-17H2,1-2H3,(H,24,26)/t18-,28-/m0/s1. The summed E-state index contributed by atoms with van der Waals surface area (Å²) < 4.78 is 11.4. The number of piperidine rings is 1. The van der Waals surface area contributed by atoms with Gasteiger partial charge in [-0.1, -0.05) is 43.3 Å². The number of likely N-dealkylation sites (tertiary alicyclic amines) is 1. The van der Waals surface area contributed by atoms with Crippen molar-refractivity contribution in [3.8, 4) is 0 Å². The number of nitrogens with zero attached hydrogens (tertiary/aromatic N) is 1. The van der Waals surface area contributed by atoms with Crippen LogP contribution in [0.15, 0.2) is 48.5 Å². The lowest BCUT2D eigenvalue weighted by Crippen LogP contribution is -2.34. The molecule has 0 unspecified atom stereocenters. The van der Waals surface area contributed by atoms with Crippen LogP contribution in [0.3, 0.4) is 0 Å². The van der Waals surface area contributed by atoms with Crippen LogP contribution in [0.1, 0.15) is 46.8 Å². The third-order valence-corrected chi connectivity index (χ3v) is 5.99. The topological polar surface area (TPSA) is 49.4 Å². The number of benzene rings is 2. The zero-order valence-corrected chi connectivity index (χ0v) is 17.6. The summed E-state index contributed by atoms with van der Waals surface area (Å²) in [5, 5.41) is 3.05. The zero-order valence-electron chi connectivity index (χ0n) is 16.8. The van der Waals surface area contributed by atoms with Crippen molar-refractivity contribution in [3.05, 3.63) is 70.8 Å². The van der Waals surface area contributed by atoms with Gasteiger partial charge in [-0.05, 0) is 54.1 Å². The number of nitrogens with one attached hydrogen (secondary N) is 1. The van der Waals surface area contributed by atoms with E-state index in [2.05, 4.69) is 35.3 Å². The van der Waals surface area contributed by atoms with Crippen LogP contribution in [0, 0.1) is 5.92 Å². The summed E-state index contributed by atoms with van der Waals surface area (Å²) >= 11 is 0. The van der Waals surface area contributed by atoms with Gasteiger partial charge < -0.3 is 5.32 Å². The Balaban J connectivity index is 1.63. The fourth-order valence-electron chi connectivity index (χ4n) is 3.87. The van der Waals surface area contributed by atoms with Gasteiger partial charge >= 0.3 is 0 Å². The van der Waals surface area contributed by atoms with Gasteiger partial charge in [0.15, 0.2) is 0 Å². The maximum Gasteiger partial charge on any atom is 0.251 e. The summed E-state index contributed by atoms with van der Waals surface area (Å²) in [5.41, 5.74) is 3.99. The lowest BCUT2D eigenvalue weighted by Gasteiger charge is -2.31. The average Bonchev–Trinajstić information content (AvgIpc) is 2.67. The van der Waals surface area contributed by atoms with Crippen LogP contribution in [0.2, 0.25) is 0 Å². The minimum Gasteiger partial charge on any atom is -0.348 e. The fourth-order valence-corrected chi connectivity index (χ4v) is 4.52. The zero-order chi connectivity index (χ0) is 19.9. The molecule has 1 amide bonds. The summed E-state index contributed by atoms with van der Waals surface area (Å²) in [5.74, 6) is 1.13. The number of rotatable bonds is 7. The molecule has 2 aromatic rings. The molecule has 0 aliphatic carbocycles. The second-order valence-corrected chi connectivity index (χ2v) is 9.29. The van der Waals surface area contributed by atoms with Crippen molar-refractivity contribution in [1.82, 2.24) is 10.2 Å². The minimum absolute atomic E-state index is 0.0925. The molecule has 1 N–H and O–H groups in total. The first-order valence-corrected chi connectivity index (χ1v) is 11.7. The molecule has 0 spiro atoms. The van der Waals surface area contributed by atoms with Crippen molar-refractivity contribution in [1.29, 1.82) is 0 Å². The molecular weight excluding hydrogens is 368 g/mol. The first kappa shape index (κ1) is 20.7. The monoisotopic (exact) mass is 398 g/mol. The first-order chi connectivity index (χ1) is 13.5. The van der Waals surface area contributed by atoms with Crippen molar-refractivity contribution in [2.45, 2.75) is 38.6 Å². The molecule has 0 bridgehead atoms. The molecule has 1 aliphatic rings. The van der Waals surface area contributed by atoms with Gasteiger partial charge in [-0.25, -0.2) is 0 Å². The SMILES string of the molecule is C[C@H]1CCCN(Cc2ccccc2CNC(=O)c2cccc(C[S@](C)=O)c2)C1.